The van der Waals surface area contributed by atoms with Gasteiger partial charge in [-0.25, -0.2) is 0 Å². The molecular weight excluding hydrogens is 444 g/mol. The van der Waals surface area contributed by atoms with Crippen molar-refractivity contribution in [2.75, 3.05) is 19.0 Å². The topological polar surface area (TPSA) is 75.7 Å². The van der Waals surface area contributed by atoms with Crippen LogP contribution in [0.3, 0.4) is 0 Å². The van der Waals surface area contributed by atoms with Crippen molar-refractivity contribution in [3.05, 3.63) is 63.0 Å². The monoisotopic (exact) mass is 460 g/mol. The maximum atomic E-state index is 12.6. The molecule has 28 heavy (non-hydrogen) atoms. The predicted molar refractivity (Wildman–Crippen MR) is 113 cm³/mol. The van der Waals surface area contributed by atoms with Crippen molar-refractivity contribution in [1.29, 1.82) is 0 Å². The molecule has 3 rings (SSSR count). The minimum atomic E-state index is -0.485. The van der Waals surface area contributed by atoms with Crippen LogP contribution < -0.4 is 10.1 Å². The Hall–Kier alpha value is -2.58. The maximum Gasteiger partial charge on any atom is 0.294 e. The van der Waals surface area contributed by atoms with Crippen LogP contribution in [0.2, 0.25) is 0 Å². The van der Waals surface area contributed by atoms with Gasteiger partial charge in [-0.15, -0.1) is 0 Å². The second kappa shape index (κ2) is 8.62. The summed E-state index contributed by atoms with van der Waals surface area (Å²) in [4.78, 5) is 38.2. The van der Waals surface area contributed by atoms with Crippen LogP contribution in [0.4, 0.5) is 10.5 Å². The molecule has 0 aromatic heterocycles. The molecular formula is C20H17BrN2O4S. The molecule has 0 bridgehead atoms. The van der Waals surface area contributed by atoms with Crippen molar-refractivity contribution in [3.63, 3.8) is 0 Å². The maximum absolute atomic E-state index is 12.6. The van der Waals surface area contributed by atoms with Crippen LogP contribution in [0, 0.1) is 6.92 Å². The molecule has 6 nitrogen and oxygen atoms in total. The molecule has 8 heteroatoms. The van der Waals surface area contributed by atoms with Gasteiger partial charge in [-0.3, -0.25) is 19.3 Å². The van der Waals surface area contributed by atoms with Gasteiger partial charge in [-0.05, 0) is 76.1 Å². The number of nitrogens with one attached hydrogen (secondary N) is 1. The third-order valence-corrected chi connectivity index (χ3v) is 5.48. The quantitative estimate of drug-likeness (QED) is 0.667. The summed E-state index contributed by atoms with van der Waals surface area (Å²) in [5.41, 5.74) is 2.36. The number of halogens is 1. The van der Waals surface area contributed by atoms with Crippen molar-refractivity contribution < 1.29 is 19.1 Å². The van der Waals surface area contributed by atoms with Gasteiger partial charge in [0, 0.05) is 5.69 Å². The van der Waals surface area contributed by atoms with Gasteiger partial charge in [0.15, 0.2) is 0 Å². The second-order valence-electron chi connectivity index (χ2n) is 6.08. The zero-order chi connectivity index (χ0) is 20.3. The first-order valence-electron chi connectivity index (χ1n) is 8.33. The van der Waals surface area contributed by atoms with E-state index in [0.717, 1.165) is 32.3 Å². The van der Waals surface area contributed by atoms with Crippen LogP contribution in [0.1, 0.15) is 11.1 Å². The minimum Gasteiger partial charge on any atom is -0.496 e. The first kappa shape index (κ1) is 20.2. The molecule has 2 aromatic rings. The van der Waals surface area contributed by atoms with Crippen molar-refractivity contribution in [2.45, 2.75) is 6.92 Å². The number of ether oxygens (including phenoxy) is 1. The van der Waals surface area contributed by atoms with Crippen LogP contribution in [0.15, 0.2) is 51.8 Å². The fourth-order valence-corrected chi connectivity index (χ4v) is 4.02. The Balaban J connectivity index is 1.71. The van der Waals surface area contributed by atoms with Gasteiger partial charge < -0.3 is 10.1 Å². The van der Waals surface area contributed by atoms with Crippen molar-refractivity contribution in [2.24, 2.45) is 0 Å². The van der Waals surface area contributed by atoms with E-state index >= 15 is 0 Å². The van der Waals surface area contributed by atoms with E-state index in [1.165, 1.54) is 0 Å². The number of hydrogen-bond donors (Lipinski definition) is 1. The van der Waals surface area contributed by atoms with Crippen LogP contribution in [0.5, 0.6) is 5.75 Å². The average molecular weight is 461 g/mol. The van der Waals surface area contributed by atoms with E-state index in [1.807, 2.05) is 25.1 Å². The van der Waals surface area contributed by atoms with Crippen LogP contribution >= 0.6 is 27.7 Å². The highest BCUT2D eigenvalue weighted by Gasteiger charge is 2.36. The number of benzene rings is 2. The van der Waals surface area contributed by atoms with E-state index in [-0.39, 0.29) is 11.4 Å². The molecule has 0 spiro atoms. The molecule has 1 aliphatic rings. The Kier molecular flexibility index (Phi) is 6.21. The lowest BCUT2D eigenvalue weighted by Gasteiger charge is -2.12. The second-order valence-corrected chi connectivity index (χ2v) is 7.93. The Morgan fingerprint density at radius 2 is 2.04 bits per heavy atom. The lowest BCUT2D eigenvalue weighted by Crippen LogP contribution is -2.36. The van der Waals surface area contributed by atoms with Crippen molar-refractivity contribution in [1.82, 2.24) is 4.90 Å². The molecule has 3 amide bonds. The van der Waals surface area contributed by atoms with Crippen LogP contribution in [0.25, 0.3) is 6.08 Å². The van der Waals surface area contributed by atoms with Crippen molar-refractivity contribution in [3.8, 4) is 5.75 Å². The first-order valence-corrected chi connectivity index (χ1v) is 9.94. The van der Waals surface area contributed by atoms with E-state index in [0.29, 0.717) is 11.4 Å². The molecule has 0 unspecified atom stereocenters. The summed E-state index contributed by atoms with van der Waals surface area (Å²) >= 11 is 4.20. The number of rotatable bonds is 5. The molecule has 1 aliphatic heterocycles. The fraction of sp³-hybridized carbons (Fsp3) is 0.150. The van der Waals surface area contributed by atoms with Gasteiger partial charge in [-0.2, -0.15) is 0 Å². The van der Waals surface area contributed by atoms with Crippen LogP contribution in [-0.4, -0.2) is 35.6 Å². The SMILES string of the molecule is COc1ccc(/C=C2\SC(=O)N(CC(=O)Nc3cccc(C)c3)C2=O)cc1Br. The van der Waals surface area contributed by atoms with Gasteiger partial charge >= 0.3 is 0 Å². The standard InChI is InChI=1S/C20H17BrN2O4S/c1-12-4-3-5-14(8-12)22-18(24)11-23-19(25)17(28-20(23)26)10-13-6-7-16(27-2)15(21)9-13/h3-10H,11H2,1-2H3,(H,22,24)/b17-10-. The average Bonchev–Trinajstić information content (AvgIpc) is 2.89. The van der Waals surface area contributed by atoms with Crippen molar-refractivity contribution >= 4 is 56.5 Å². The molecule has 1 heterocycles. The molecule has 0 aliphatic carbocycles. The fourth-order valence-electron chi connectivity index (χ4n) is 2.63. The number of amides is 3. The smallest absolute Gasteiger partial charge is 0.294 e. The summed E-state index contributed by atoms with van der Waals surface area (Å²) in [5, 5.41) is 2.23. The number of carbonyl (C=O) groups is 3. The van der Waals surface area contributed by atoms with E-state index < -0.39 is 17.1 Å². The van der Waals surface area contributed by atoms with Gasteiger partial charge in [0.2, 0.25) is 5.91 Å². The van der Waals surface area contributed by atoms with E-state index in [9.17, 15) is 14.4 Å². The van der Waals surface area contributed by atoms with E-state index in [1.54, 1.807) is 37.5 Å². The van der Waals surface area contributed by atoms with Gasteiger partial charge in [0.05, 0.1) is 16.5 Å². The summed E-state index contributed by atoms with van der Waals surface area (Å²) in [6.07, 6.45) is 1.62. The van der Waals surface area contributed by atoms with Gasteiger partial charge in [-0.1, -0.05) is 18.2 Å². The number of nitrogens with zero attached hydrogens (tertiary/aromatic N) is 1. The minimum absolute atomic E-state index is 0.269. The molecule has 2 aromatic carbocycles. The highest BCUT2D eigenvalue weighted by atomic mass is 79.9. The van der Waals surface area contributed by atoms with Gasteiger partial charge in [0.25, 0.3) is 11.1 Å². The predicted octanol–water partition coefficient (Wildman–Crippen LogP) is 4.44. The number of aryl methyl sites for hydroxylation is 1. The lowest BCUT2D eigenvalue weighted by molar-refractivity contribution is -0.127. The Bertz CT molecular complexity index is 990. The zero-order valence-corrected chi connectivity index (χ0v) is 17.6. The third-order valence-electron chi connectivity index (χ3n) is 3.95. The molecule has 0 atom stereocenters. The Morgan fingerprint density at radius 3 is 2.71 bits per heavy atom. The summed E-state index contributed by atoms with van der Waals surface area (Å²) in [7, 11) is 1.56. The summed E-state index contributed by atoms with van der Waals surface area (Å²) in [6.45, 7) is 1.58. The highest BCUT2D eigenvalue weighted by molar-refractivity contribution is 9.10. The number of anilines is 1. The number of thioether (sulfide) groups is 1. The summed E-state index contributed by atoms with van der Waals surface area (Å²) in [6, 6.07) is 12.6. The third kappa shape index (κ3) is 4.63. The molecule has 0 radical (unpaired) electrons. The number of carbonyl (C=O) groups excluding carboxylic acids is 3. The van der Waals surface area contributed by atoms with E-state index in [4.69, 9.17) is 4.74 Å². The Labute approximate surface area is 175 Å². The molecule has 1 N–H and O–H groups in total. The van der Waals surface area contributed by atoms with Gasteiger partial charge in [0.1, 0.15) is 12.3 Å². The lowest BCUT2D eigenvalue weighted by atomic mass is 10.2. The zero-order valence-electron chi connectivity index (χ0n) is 15.2. The number of hydrogen-bond acceptors (Lipinski definition) is 5. The normalized spacial score (nSPS) is 15.2. The highest BCUT2D eigenvalue weighted by Crippen LogP contribution is 2.33. The number of imide groups is 1. The number of methoxy groups -OCH3 is 1. The van der Waals surface area contributed by atoms with E-state index in [2.05, 4.69) is 21.2 Å². The summed E-state index contributed by atoms with van der Waals surface area (Å²) < 4.78 is 5.92. The Morgan fingerprint density at radius 1 is 1.25 bits per heavy atom. The molecule has 144 valence electrons. The molecule has 1 saturated heterocycles. The molecule has 1 fully saturated rings. The molecule has 0 saturated carbocycles. The largest absolute Gasteiger partial charge is 0.496 e. The summed E-state index contributed by atoms with van der Waals surface area (Å²) in [5.74, 6) is -0.249. The first-order chi connectivity index (χ1) is 13.4. The van der Waals surface area contributed by atoms with Crippen LogP contribution in [-0.2, 0) is 9.59 Å².